The molecule has 2 heterocycles. The SMILES string of the molecule is Cc1ccc2c(c1)N(C)C(=O)C(C)(C(=O)Nc1ccc(Cl)cn1)O2. The largest absolute Gasteiger partial charge is 0.465 e. The van der Waals surface area contributed by atoms with Crippen LogP contribution in [0.1, 0.15) is 12.5 Å². The highest BCUT2D eigenvalue weighted by Crippen LogP contribution is 2.38. The number of benzene rings is 1. The fourth-order valence-corrected chi connectivity index (χ4v) is 2.61. The summed E-state index contributed by atoms with van der Waals surface area (Å²) in [4.78, 5) is 30.8. The van der Waals surface area contributed by atoms with Crippen LogP contribution in [0.25, 0.3) is 0 Å². The van der Waals surface area contributed by atoms with Gasteiger partial charge in [0.1, 0.15) is 11.6 Å². The molecule has 1 aromatic heterocycles. The molecule has 1 N–H and O–H groups in total. The molecular weight excluding hydrogens is 330 g/mol. The molecule has 0 saturated carbocycles. The number of fused-ring (bicyclic) bond motifs is 1. The third kappa shape index (κ3) is 2.69. The molecule has 6 nitrogen and oxygen atoms in total. The number of anilines is 2. The fourth-order valence-electron chi connectivity index (χ4n) is 2.50. The minimum Gasteiger partial charge on any atom is -0.465 e. The summed E-state index contributed by atoms with van der Waals surface area (Å²) in [6.45, 7) is 3.37. The predicted octanol–water partition coefficient (Wildman–Crippen LogP) is 2.80. The first kappa shape index (κ1) is 16.3. The van der Waals surface area contributed by atoms with E-state index in [0.29, 0.717) is 22.3 Å². The van der Waals surface area contributed by atoms with Crippen LogP contribution >= 0.6 is 11.6 Å². The second-order valence-electron chi connectivity index (χ2n) is 5.79. The van der Waals surface area contributed by atoms with Gasteiger partial charge in [-0.15, -0.1) is 0 Å². The van der Waals surface area contributed by atoms with Gasteiger partial charge in [0.25, 0.3) is 17.4 Å². The molecule has 1 unspecified atom stereocenters. The van der Waals surface area contributed by atoms with E-state index in [0.717, 1.165) is 5.56 Å². The summed E-state index contributed by atoms with van der Waals surface area (Å²) in [5, 5.41) is 3.04. The molecule has 3 rings (SSSR count). The van der Waals surface area contributed by atoms with Crippen LogP contribution in [0, 0.1) is 6.92 Å². The third-order valence-corrected chi connectivity index (χ3v) is 4.13. The first-order valence-corrected chi connectivity index (χ1v) is 7.70. The van der Waals surface area contributed by atoms with Crippen molar-refractivity contribution in [2.45, 2.75) is 19.4 Å². The fraction of sp³-hybridized carbons (Fsp3) is 0.235. The van der Waals surface area contributed by atoms with Crippen molar-refractivity contribution in [2.24, 2.45) is 0 Å². The summed E-state index contributed by atoms with van der Waals surface area (Å²) < 4.78 is 5.76. The lowest BCUT2D eigenvalue weighted by molar-refractivity contribution is -0.144. The monoisotopic (exact) mass is 345 g/mol. The van der Waals surface area contributed by atoms with E-state index in [4.69, 9.17) is 16.3 Å². The molecule has 0 aliphatic carbocycles. The molecule has 1 atom stereocenters. The second kappa shape index (κ2) is 5.79. The number of likely N-dealkylation sites (N-methyl/N-ethyl adjacent to an activating group) is 1. The maximum atomic E-state index is 12.7. The smallest absolute Gasteiger partial charge is 0.280 e. The quantitative estimate of drug-likeness (QED) is 0.849. The topological polar surface area (TPSA) is 71.5 Å². The number of hydrogen-bond donors (Lipinski definition) is 1. The van der Waals surface area contributed by atoms with Crippen LogP contribution in [-0.2, 0) is 9.59 Å². The molecular formula is C17H16ClN3O3. The van der Waals surface area contributed by atoms with Gasteiger partial charge in [-0.05, 0) is 43.7 Å². The van der Waals surface area contributed by atoms with Gasteiger partial charge in [-0.2, -0.15) is 0 Å². The Hall–Kier alpha value is -2.60. The number of hydrogen-bond acceptors (Lipinski definition) is 4. The number of amides is 2. The minimum atomic E-state index is -1.68. The second-order valence-corrected chi connectivity index (χ2v) is 6.22. The summed E-state index contributed by atoms with van der Waals surface area (Å²) >= 11 is 5.77. The molecule has 24 heavy (non-hydrogen) atoms. The van der Waals surface area contributed by atoms with Crippen molar-refractivity contribution >= 4 is 34.9 Å². The normalized spacial score (nSPS) is 19.5. The van der Waals surface area contributed by atoms with E-state index in [1.54, 1.807) is 25.2 Å². The van der Waals surface area contributed by atoms with Gasteiger partial charge in [0.05, 0.1) is 10.7 Å². The number of nitrogens with zero attached hydrogens (tertiary/aromatic N) is 2. The van der Waals surface area contributed by atoms with Crippen molar-refractivity contribution < 1.29 is 14.3 Å². The third-order valence-electron chi connectivity index (χ3n) is 3.90. The van der Waals surface area contributed by atoms with Crippen molar-refractivity contribution in [1.29, 1.82) is 0 Å². The summed E-state index contributed by atoms with van der Waals surface area (Å²) in [5.74, 6) is -0.281. The number of halogens is 1. The highest BCUT2D eigenvalue weighted by atomic mass is 35.5. The molecule has 1 aliphatic heterocycles. The molecule has 0 radical (unpaired) electrons. The number of rotatable bonds is 2. The van der Waals surface area contributed by atoms with Crippen molar-refractivity contribution in [3.8, 4) is 5.75 Å². The maximum Gasteiger partial charge on any atom is 0.280 e. The minimum absolute atomic E-state index is 0.291. The summed E-state index contributed by atoms with van der Waals surface area (Å²) in [5.41, 5.74) is -0.0523. The van der Waals surface area contributed by atoms with Gasteiger partial charge < -0.3 is 15.0 Å². The van der Waals surface area contributed by atoms with Crippen LogP contribution in [0.2, 0.25) is 5.02 Å². The van der Waals surface area contributed by atoms with Crippen LogP contribution < -0.4 is 15.0 Å². The van der Waals surface area contributed by atoms with Crippen molar-refractivity contribution in [3.63, 3.8) is 0 Å². The molecule has 124 valence electrons. The molecule has 1 aliphatic rings. The van der Waals surface area contributed by atoms with Crippen LogP contribution in [0.3, 0.4) is 0 Å². The van der Waals surface area contributed by atoms with Gasteiger partial charge in [-0.25, -0.2) is 4.98 Å². The number of aromatic nitrogens is 1. The molecule has 1 aromatic carbocycles. The van der Waals surface area contributed by atoms with Crippen molar-refractivity contribution in [3.05, 3.63) is 47.1 Å². The number of ether oxygens (including phenoxy) is 1. The standard InChI is InChI=1S/C17H16ClN3O3/c1-10-4-6-13-12(8-10)21(3)16(23)17(2,24-13)15(22)20-14-7-5-11(18)9-19-14/h4-9H,1-3H3,(H,19,20,22). The summed E-state index contributed by atoms with van der Waals surface area (Å²) in [6, 6.07) is 8.60. The highest BCUT2D eigenvalue weighted by Gasteiger charge is 2.49. The number of carbonyl (C=O) groups is 2. The predicted molar refractivity (Wildman–Crippen MR) is 91.5 cm³/mol. The Balaban J connectivity index is 1.91. The average molecular weight is 346 g/mol. The Morgan fingerprint density at radius 2 is 2.08 bits per heavy atom. The Labute approximate surface area is 144 Å². The van der Waals surface area contributed by atoms with Gasteiger partial charge in [-0.1, -0.05) is 17.7 Å². The Morgan fingerprint density at radius 1 is 1.33 bits per heavy atom. The van der Waals surface area contributed by atoms with Crippen LogP contribution in [0.5, 0.6) is 5.75 Å². The van der Waals surface area contributed by atoms with Crippen LogP contribution in [-0.4, -0.2) is 29.4 Å². The van der Waals surface area contributed by atoms with Gasteiger partial charge in [-0.3, -0.25) is 9.59 Å². The van der Waals surface area contributed by atoms with Crippen molar-refractivity contribution in [1.82, 2.24) is 4.98 Å². The van der Waals surface area contributed by atoms with Gasteiger partial charge in [0, 0.05) is 13.2 Å². The summed E-state index contributed by atoms with van der Waals surface area (Å²) in [6.07, 6.45) is 1.41. The van der Waals surface area contributed by atoms with Crippen molar-refractivity contribution in [2.75, 3.05) is 17.3 Å². The zero-order chi connectivity index (χ0) is 17.5. The molecule has 2 amide bonds. The Kier molecular flexibility index (Phi) is 3.93. The van der Waals surface area contributed by atoms with Gasteiger partial charge in [0.15, 0.2) is 0 Å². The number of nitrogens with one attached hydrogen (secondary N) is 1. The molecule has 7 heteroatoms. The van der Waals surface area contributed by atoms with E-state index < -0.39 is 17.4 Å². The highest BCUT2D eigenvalue weighted by molar-refractivity contribution is 6.30. The molecule has 0 saturated heterocycles. The van der Waals surface area contributed by atoms with E-state index in [-0.39, 0.29) is 0 Å². The van der Waals surface area contributed by atoms with Gasteiger partial charge in [0.2, 0.25) is 0 Å². The number of pyridine rings is 1. The van der Waals surface area contributed by atoms with E-state index in [1.807, 2.05) is 19.1 Å². The van der Waals surface area contributed by atoms with E-state index in [2.05, 4.69) is 10.3 Å². The number of aryl methyl sites for hydroxylation is 1. The molecule has 0 fully saturated rings. The van der Waals surface area contributed by atoms with Crippen LogP contribution in [0.15, 0.2) is 36.5 Å². The Morgan fingerprint density at radius 3 is 2.75 bits per heavy atom. The molecule has 0 spiro atoms. The Bertz CT molecular complexity index is 822. The molecule has 0 bridgehead atoms. The lowest BCUT2D eigenvalue weighted by Gasteiger charge is -2.37. The van der Waals surface area contributed by atoms with Gasteiger partial charge >= 0.3 is 0 Å². The average Bonchev–Trinajstić information content (AvgIpc) is 2.56. The van der Waals surface area contributed by atoms with E-state index in [9.17, 15) is 9.59 Å². The zero-order valence-corrected chi connectivity index (χ0v) is 14.2. The van der Waals surface area contributed by atoms with E-state index >= 15 is 0 Å². The zero-order valence-electron chi connectivity index (χ0n) is 13.5. The first-order chi connectivity index (χ1) is 11.3. The first-order valence-electron chi connectivity index (χ1n) is 7.32. The summed E-state index contributed by atoms with van der Waals surface area (Å²) in [7, 11) is 1.62. The lowest BCUT2D eigenvalue weighted by atomic mass is 10.00. The molecule has 2 aromatic rings. The maximum absolute atomic E-state index is 12.7. The number of carbonyl (C=O) groups excluding carboxylic acids is 2. The lowest BCUT2D eigenvalue weighted by Crippen LogP contribution is -2.59. The van der Waals surface area contributed by atoms with Crippen LogP contribution in [0.4, 0.5) is 11.5 Å². The van der Waals surface area contributed by atoms with E-state index in [1.165, 1.54) is 18.0 Å².